The van der Waals surface area contributed by atoms with Gasteiger partial charge in [0.2, 0.25) is 0 Å². The Labute approximate surface area is 60.4 Å². The molecule has 0 unspecified atom stereocenters. The average molecular weight is 149 g/mol. The Morgan fingerprint density at radius 3 is 1.88 bits per heavy atom. The lowest BCUT2D eigenvalue weighted by atomic mass is 9.85. The van der Waals surface area contributed by atoms with Crippen molar-refractivity contribution in [3.05, 3.63) is 0 Å². The first-order valence-electron chi connectivity index (χ1n) is 2.31. The zero-order valence-corrected chi connectivity index (χ0v) is 5.78. The molecule has 8 heavy (non-hydrogen) atoms. The van der Waals surface area contributed by atoms with Crippen molar-refractivity contribution in [1.29, 1.82) is 0 Å². The Morgan fingerprint density at radius 2 is 1.62 bits per heavy atom. The van der Waals surface area contributed by atoms with E-state index in [0.29, 0.717) is 22.6 Å². The van der Waals surface area contributed by atoms with E-state index in [-0.39, 0.29) is 0 Å². The van der Waals surface area contributed by atoms with Gasteiger partial charge in [0.05, 0.1) is 0 Å². The summed E-state index contributed by atoms with van der Waals surface area (Å²) in [5.74, 6) is 0. The van der Waals surface area contributed by atoms with Crippen LogP contribution in [0.1, 0.15) is 0 Å². The standard InChI is InChI=1S/B3Cl2H4N3/c4-7-1-6-2-8(5)3-7/h1-3,6H. The second-order valence-corrected chi connectivity index (χ2v) is 2.59. The molecule has 8 heteroatoms. The predicted octanol–water partition coefficient (Wildman–Crippen LogP) is -1.70. The molecule has 0 radical (unpaired) electrons. The van der Waals surface area contributed by atoms with Crippen LogP contribution in [0.25, 0.3) is 0 Å². The molecule has 1 aliphatic heterocycles. The van der Waals surface area contributed by atoms with Gasteiger partial charge in [0.1, 0.15) is 0 Å². The Balaban J connectivity index is 2.23. The van der Waals surface area contributed by atoms with Crippen LogP contribution in [-0.4, -0.2) is 31.1 Å². The summed E-state index contributed by atoms with van der Waals surface area (Å²) in [6.07, 6.45) is 0. The van der Waals surface area contributed by atoms with E-state index in [9.17, 15) is 0 Å². The average Bonchev–Trinajstić information content (AvgIpc) is 1.64. The summed E-state index contributed by atoms with van der Waals surface area (Å²) in [6.45, 7) is 0. The van der Waals surface area contributed by atoms with E-state index in [4.69, 9.17) is 23.6 Å². The maximum absolute atomic E-state index is 5.56. The van der Waals surface area contributed by atoms with Gasteiger partial charge in [0.15, 0.2) is 0 Å². The van der Waals surface area contributed by atoms with Crippen molar-refractivity contribution in [2.45, 2.75) is 0 Å². The third-order valence-electron chi connectivity index (χ3n) is 0.874. The molecule has 0 aliphatic carbocycles. The summed E-state index contributed by atoms with van der Waals surface area (Å²) < 4.78 is 3.13. The molecule has 0 saturated carbocycles. The minimum absolute atomic E-state index is 0.607. The minimum Gasteiger partial charge on any atom is -0.376 e. The van der Waals surface area contributed by atoms with E-state index in [1.807, 2.05) is 0 Å². The Bertz CT molecular complexity index is 70.9. The molecular weight excluding hydrogens is 145 g/mol. The van der Waals surface area contributed by atoms with Gasteiger partial charge in [-0.15, -0.1) is 0 Å². The smallest absolute Gasteiger partial charge is 0.300 e. The van der Waals surface area contributed by atoms with Gasteiger partial charge in [0, 0.05) is 0 Å². The fourth-order valence-corrected chi connectivity index (χ4v) is 1.04. The van der Waals surface area contributed by atoms with Gasteiger partial charge in [-0.3, -0.25) is 8.48 Å². The fraction of sp³-hybridized carbons (Fsp3) is 0. The molecule has 3 nitrogen and oxygen atoms in total. The van der Waals surface area contributed by atoms with E-state index >= 15 is 0 Å². The molecule has 42 valence electrons. The van der Waals surface area contributed by atoms with Crippen molar-refractivity contribution in [3.8, 4) is 0 Å². The van der Waals surface area contributed by atoms with E-state index in [2.05, 4.69) is 5.14 Å². The van der Waals surface area contributed by atoms with E-state index in [1.54, 1.807) is 8.48 Å². The molecule has 1 N–H and O–H groups in total. The number of hydrogen-bond acceptors (Lipinski definition) is 3. The van der Waals surface area contributed by atoms with E-state index in [1.165, 1.54) is 0 Å². The van der Waals surface area contributed by atoms with Crippen molar-refractivity contribution in [3.63, 3.8) is 0 Å². The third-order valence-corrected chi connectivity index (χ3v) is 1.33. The first-order valence-corrected chi connectivity index (χ1v) is 2.99. The number of rotatable bonds is 0. The van der Waals surface area contributed by atoms with Crippen molar-refractivity contribution in [1.82, 2.24) is 13.6 Å². The van der Waals surface area contributed by atoms with Gasteiger partial charge in [-0.25, -0.2) is 0 Å². The molecule has 0 bridgehead atoms. The van der Waals surface area contributed by atoms with Gasteiger partial charge in [0.25, 0.3) is 22.6 Å². The predicted molar refractivity (Wildman–Crippen MR) is 40.0 cm³/mol. The lowest BCUT2D eigenvalue weighted by molar-refractivity contribution is 0.916. The van der Waals surface area contributed by atoms with Crippen LogP contribution in [0.15, 0.2) is 0 Å². The van der Waals surface area contributed by atoms with Crippen LogP contribution >= 0.6 is 23.6 Å². The highest BCUT2D eigenvalue weighted by atomic mass is 35.5. The maximum atomic E-state index is 5.56. The van der Waals surface area contributed by atoms with Crippen molar-refractivity contribution < 1.29 is 0 Å². The van der Waals surface area contributed by atoms with Crippen LogP contribution in [0.5, 0.6) is 0 Å². The van der Waals surface area contributed by atoms with Gasteiger partial charge < -0.3 is 5.14 Å². The Morgan fingerprint density at radius 1 is 1.12 bits per heavy atom. The molecule has 0 amide bonds. The summed E-state index contributed by atoms with van der Waals surface area (Å²) in [4.78, 5) is 0. The number of hydrogen-bond donors (Lipinski definition) is 1. The lowest BCUT2D eigenvalue weighted by Gasteiger charge is -2.22. The molecule has 0 aromatic carbocycles. The molecule has 0 aromatic heterocycles. The minimum atomic E-state index is 0.607. The van der Waals surface area contributed by atoms with Crippen LogP contribution < -0.4 is 5.14 Å². The molecule has 1 heterocycles. The Kier molecular flexibility index (Phi) is 2.53. The quantitative estimate of drug-likeness (QED) is 0.327. The Hall–Kier alpha value is 0.655. The number of halogens is 2. The first-order chi connectivity index (χ1) is 3.79. The second kappa shape index (κ2) is 2.99. The lowest BCUT2D eigenvalue weighted by Crippen LogP contribution is -2.52. The summed E-state index contributed by atoms with van der Waals surface area (Å²) in [5, 5.41) is 2.97. The maximum Gasteiger partial charge on any atom is 0.300 e. The van der Waals surface area contributed by atoms with Crippen molar-refractivity contribution >= 4 is 46.2 Å². The highest BCUT2D eigenvalue weighted by Crippen LogP contribution is 1.96. The fourth-order valence-electron chi connectivity index (χ4n) is 0.559. The highest BCUT2D eigenvalue weighted by molar-refractivity contribution is 6.75. The van der Waals surface area contributed by atoms with Crippen molar-refractivity contribution in [2.75, 3.05) is 0 Å². The normalized spacial score (nSPS) is 23.2. The summed E-state index contributed by atoms with van der Waals surface area (Å²) >= 11 is 11.1. The monoisotopic (exact) mass is 149 g/mol. The highest BCUT2D eigenvalue weighted by Gasteiger charge is 2.17. The summed E-state index contributed by atoms with van der Waals surface area (Å²) in [5.41, 5.74) is 0. The molecule has 1 saturated heterocycles. The SMILES string of the molecule is ClN1BNBN(Cl)B1. The van der Waals surface area contributed by atoms with Gasteiger partial charge in [-0.1, -0.05) is 0 Å². The molecule has 0 aromatic rings. The molecule has 1 fully saturated rings. The molecule has 0 spiro atoms. The zero-order valence-electron chi connectivity index (χ0n) is 4.27. The molecule has 0 atom stereocenters. The van der Waals surface area contributed by atoms with Crippen LogP contribution in [-0.2, 0) is 0 Å². The van der Waals surface area contributed by atoms with Gasteiger partial charge in [-0.05, 0) is 23.6 Å². The molecular formula is H4B3Cl2N3. The summed E-state index contributed by atoms with van der Waals surface area (Å²) in [7, 11) is 2.01. The molecule has 1 rings (SSSR count). The largest absolute Gasteiger partial charge is 0.376 e. The van der Waals surface area contributed by atoms with E-state index in [0.717, 1.165) is 0 Å². The van der Waals surface area contributed by atoms with Crippen LogP contribution in [0, 0.1) is 0 Å². The van der Waals surface area contributed by atoms with Crippen LogP contribution in [0.3, 0.4) is 0 Å². The van der Waals surface area contributed by atoms with Gasteiger partial charge >= 0.3 is 0 Å². The topological polar surface area (TPSA) is 18.5 Å². The number of nitrogens with zero attached hydrogens (tertiary/aromatic N) is 2. The summed E-state index contributed by atoms with van der Waals surface area (Å²) in [6, 6.07) is 0. The van der Waals surface area contributed by atoms with Crippen LogP contribution in [0.2, 0.25) is 0 Å². The first kappa shape index (κ1) is 6.77. The third kappa shape index (κ3) is 1.87. The van der Waals surface area contributed by atoms with Crippen molar-refractivity contribution in [2.24, 2.45) is 0 Å². The van der Waals surface area contributed by atoms with Crippen LogP contribution in [0.4, 0.5) is 0 Å². The number of nitrogens with one attached hydrogen (secondary N) is 1. The van der Waals surface area contributed by atoms with E-state index < -0.39 is 0 Å². The molecule has 1 aliphatic rings. The van der Waals surface area contributed by atoms with Gasteiger partial charge in [-0.2, -0.15) is 0 Å². The second-order valence-electron chi connectivity index (χ2n) is 1.63. The zero-order chi connectivity index (χ0) is 5.98.